The highest BCUT2D eigenvalue weighted by Gasteiger charge is 2.23. The molecule has 1 aromatic heterocycles. The van der Waals surface area contributed by atoms with Crippen molar-refractivity contribution in [1.29, 1.82) is 0 Å². The van der Waals surface area contributed by atoms with Gasteiger partial charge in [-0.3, -0.25) is 9.59 Å². The number of aryl methyl sites for hydroxylation is 1. The molecule has 1 saturated heterocycles. The number of para-hydroxylation sites is 1. The molecule has 0 unspecified atom stereocenters. The van der Waals surface area contributed by atoms with Crippen molar-refractivity contribution in [2.24, 2.45) is 0 Å². The Hall–Kier alpha value is -3.58. The molecule has 0 atom stereocenters. The Labute approximate surface area is 200 Å². The molecule has 2 heterocycles. The van der Waals surface area contributed by atoms with Crippen molar-refractivity contribution >= 4 is 17.5 Å². The van der Waals surface area contributed by atoms with Crippen LogP contribution < -0.4 is 5.32 Å². The fourth-order valence-electron chi connectivity index (χ4n) is 4.09. The van der Waals surface area contributed by atoms with E-state index in [1.807, 2.05) is 61.5 Å². The molecule has 1 aliphatic heterocycles. The Morgan fingerprint density at radius 2 is 1.68 bits per heavy atom. The third-order valence-corrected chi connectivity index (χ3v) is 5.88. The number of aromatic nitrogens is 2. The number of benzene rings is 2. The molecule has 1 fully saturated rings. The van der Waals surface area contributed by atoms with Crippen LogP contribution in [0.2, 0.25) is 0 Å². The van der Waals surface area contributed by atoms with Crippen LogP contribution in [0.15, 0.2) is 60.7 Å². The average molecular weight is 458 g/mol. The molecule has 1 N–H and O–H groups in total. The first kappa shape index (κ1) is 23.6. The third kappa shape index (κ3) is 5.85. The summed E-state index contributed by atoms with van der Waals surface area (Å²) in [6.45, 7) is 2.44. The smallest absolute Gasteiger partial charge is 0.274 e. The normalized spacial score (nSPS) is 13.3. The van der Waals surface area contributed by atoms with Gasteiger partial charge in [0.1, 0.15) is 5.69 Å². The minimum Gasteiger partial charge on any atom is -0.339 e. The maximum absolute atomic E-state index is 13.3. The average Bonchev–Trinajstić information content (AvgIpc) is 3.39. The largest absolute Gasteiger partial charge is 0.339 e. The van der Waals surface area contributed by atoms with Crippen LogP contribution in [0.5, 0.6) is 0 Å². The van der Waals surface area contributed by atoms with E-state index >= 15 is 0 Å². The van der Waals surface area contributed by atoms with Crippen LogP contribution in [0, 0.1) is 0 Å². The molecule has 2 aromatic carbocycles. The molecule has 1 aliphatic rings. The van der Waals surface area contributed by atoms with Gasteiger partial charge in [-0.1, -0.05) is 42.5 Å². The zero-order valence-corrected chi connectivity index (χ0v) is 19.8. The van der Waals surface area contributed by atoms with E-state index in [0.29, 0.717) is 17.1 Å². The summed E-state index contributed by atoms with van der Waals surface area (Å²) in [5.41, 5.74) is 2.97. The topological polar surface area (TPSA) is 78.4 Å². The van der Waals surface area contributed by atoms with Crippen molar-refractivity contribution in [1.82, 2.24) is 19.8 Å². The monoisotopic (exact) mass is 457 g/mol. The van der Waals surface area contributed by atoms with Crippen molar-refractivity contribution in [3.8, 4) is 11.4 Å². The van der Waals surface area contributed by atoms with Crippen molar-refractivity contribution in [3.63, 3.8) is 0 Å². The first-order chi connectivity index (χ1) is 16.5. The van der Waals surface area contributed by atoms with Gasteiger partial charge < -0.3 is 15.1 Å². The minimum atomic E-state index is -0.352. The molecule has 0 radical (unpaired) electrons. The lowest BCUT2D eigenvalue weighted by Crippen LogP contribution is -2.29. The third-order valence-electron chi connectivity index (χ3n) is 5.88. The van der Waals surface area contributed by atoms with E-state index in [4.69, 9.17) is 4.98 Å². The Bertz CT molecular complexity index is 1140. The first-order valence-electron chi connectivity index (χ1n) is 11.8. The molecular formula is C27H31N5O2. The molecular weight excluding hydrogens is 426 g/mol. The number of rotatable bonds is 8. The number of hydrogen-bond acceptors (Lipinski definition) is 5. The lowest BCUT2D eigenvalue weighted by Gasteiger charge is -2.18. The molecule has 3 aromatic rings. The van der Waals surface area contributed by atoms with E-state index in [0.717, 1.165) is 56.6 Å². The van der Waals surface area contributed by atoms with Crippen molar-refractivity contribution in [3.05, 3.63) is 77.6 Å². The number of nitrogens with one attached hydrogen (secondary N) is 1. The molecule has 0 spiro atoms. The maximum Gasteiger partial charge on any atom is 0.274 e. The van der Waals surface area contributed by atoms with Gasteiger partial charge in [-0.05, 0) is 64.5 Å². The Kier molecular flexibility index (Phi) is 7.65. The molecule has 176 valence electrons. The SMILES string of the molecule is CN(C)CCCc1cc(C(=O)Nc2ccccc2C(=O)N2CCCC2)nc(-c2ccccc2)n1. The van der Waals surface area contributed by atoms with Crippen LogP contribution in [0.4, 0.5) is 5.69 Å². The van der Waals surface area contributed by atoms with Gasteiger partial charge in [-0.25, -0.2) is 9.97 Å². The highest BCUT2D eigenvalue weighted by atomic mass is 16.2. The molecule has 7 heteroatoms. The molecule has 4 rings (SSSR count). The van der Waals surface area contributed by atoms with Crippen LogP contribution in [0.1, 0.15) is 45.8 Å². The number of amides is 2. The summed E-state index contributed by atoms with van der Waals surface area (Å²) >= 11 is 0. The van der Waals surface area contributed by atoms with E-state index < -0.39 is 0 Å². The summed E-state index contributed by atoms with van der Waals surface area (Å²) in [6.07, 6.45) is 3.69. The van der Waals surface area contributed by atoms with Crippen molar-refractivity contribution in [2.75, 3.05) is 39.0 Å². The summed E-state index contributed by atoms with van der Waals surface area (Å²) in [5, 5.41) is 2.93. The van der Waals surface area contributed by atoms with Gasteiger partial charge in [0.25, 0.3) is 11.8 Å². The van der Waals surface area contributed by atoms with Crippen LogP contribution in [0.25, 0.3) is 11.4 Å². The molecule has 0 saturated carbocycles. The van der Waals surface area contributed by atoms with Crippen LogP contribution in [-0.2, 0) is 6.42 Å². The second-order valence-corrected chi connectivity index (χ2v) is 8.84. The Morgan fingerprint density at radius 1 is 0.971 bits per heavy atom. The summed E-state index contributed by atoms with van der Waals surface area (Å²) < 4.78 is 0. The van der Waals surface area contributed by atoms with Gasteiger partial charge in [0, 0.05) is 24.3 Å². The van der Waals surface area contributed by atoms with Gasteiger partial charge in [0.2, 0.25) is 0 Å². The van der Waals surface area contributed by atoms with Crippen LogP contribution in [0.3, 0.4) is 0 Å². The number of anilines is 1. The van der Waals surface area contributed by atoms with E-state index in [-0.39, 0.29) is 17.5 Å². The summed E-state index contributed by atoms with van der Waals surface area (Å²) in [7, 11) is 4.07. The van der Waals surface area contributed by atoms with Crippen molar-refractivity contribution in [2.45, 2.75) is 25.7 Å². The standard InChI is InChI=1S/C27H31N5O2/c1-31(2)16-10-13-21-19-24(29-25(28-21)20-11-4-3-5-12-20)26(33)30-23-15-7-6-14-22(23)27(34)32-17-8-9-18-32/h3-7,11-12,14-15,19H,8-10,13,16-18H2,1-2H3,(H,30,33). The number of nitrogens with zero attached hydrogens (tertiary/aromatic N) is 4. The second-order valence-electron chi connectivity index (χ2n) is 8.84. The quantitative estimate of drug-likeness (QED) is 0.550. The summed E-state index contributed by atoms with van der Waals surface area (Å²) in [6, 6.07) is 18.6. The number of carbonyl (C=O) groups is 2. The number of likely N-dealkylation sites (tertiary alicyclic amines) is 1. The highest BCUT2D eigenvalue weighted by molar-refractivity contribution is 6.08. The molecule has 34 heavy (non-hydrogen) atoms. The van der Waals surface area contributed by atoms with Gasteiger partial charge in [-0.2, -0.15) is 0 Å². The predicted octanol–water partition coefficient (Wildman–Crippen LogP) is 4.13. The van der Waals surface area contributed by atoms with Gasteiger partial charge >= 0.3 is 0 Å². The Balaban J connectivity index is 1.61. The van der Waals surface area contributed by atoms with Crippen LogP contribution in [-0.4, -0.2) is 65.3 Å². The maximum atomic E-state index is 13.3. The molecule has 2 amide bonds. The fourth-order valence-corrected chi connectivity index (χ4v) is 4.09. The van der Waals surface area contributed by atoms with E-state index in [1.165, 1.54) is 0 Å². The van der Waals surface area contributed by atoms with E-state index in [9.17, 15) is 9.59 Å². The molecule has 0 aliphatic carbocycles. The number of hydrogen-bond donors (Lipinski definition) is 1. The second kappa shape index (κ2) is 11.0. The minimum absolute atomic E-state index is 0.0505. The molecule has 7 nitrogen and oxygen atoms in total. The van der Waals surface area contributed by atoms with Crippen LogP contribution >= 0.6 is 0 Å². The fraction of sp³-hybridized carbons (Fsp3) is 0.333. The zero-order valence-electron chi connectivity index (χ0n) is 19.8. The summed E-state index contributed by atoms with van der Waals surface area (Å²) in [4.78, 5) is 39.5. The Morgan fingerprint density at radius 3 is 2.41 bits per heavy atom. The predicted molar refractivity (Wildman–Crippen MR) is 134 cm³/mol. The van der Waals surface area contributed by atoms with Crippen molar-refractivity contribution < 1.29 is 9.59 Å². The zero-order chi connectivity index (χ0) is 23.9. The first-order valence-corrected chi connectivity index (χ1v) is 11.8. The van der Waals surface area contributed by atoms with Gasteiger partial charge in [0.15, 0.2) is 5.82 Å². The van der Waals surface area contributed by atoms with E-state index in [2.05, 4.69) is 15.2 Å². The summed E-state index contributed by atoms with van der Waals surface area (Å²) in [5.74, 6) is 0.120. The highest BCUT2D eigenvalue weighted by Crippen LogP contribution is 2.22. The lowest BCUT2D eigenvalue weighted by molar-refractivity contribution is 0.0794. The molecule has 0 bridgehead atoms. The van der Waals surface area contributed by atoms with Gasteiger partial charge in [-0.15, -0.1) is 0 Å². The lowest BCUT2D eigenvalue weighted by atomic mass is 10.1. The van der Waals surface area contributed by atoms with E-state index in [1.54, 1.807) is 18.2 Å². The number of carbonyl (C=O) groups excluding carboxylic acids is 2. The van der Waals surface area contributed by atoms with Gasteiger partial charge in [0.05, 0.1) is 11.3 Å².